The van der Waals surface area contributed by atoms with Gasteiger partial charge in [0.1, 0.15) is 11.5 Å². The molecule has 1 aromatic heterocycles. The second-order valence-corrected chi connectivity index (χ2v) is 6.28. The summed E-state index contributed by atoms with van der Waals surface area (Å²) in [4.78, 5) is 30.2. The number of hydrogen-bond donors (Lipinski definition) is 1. The van der Waals surface area contributed by atoms with Crippen molar-refractivity contribution in [1.29, 1.82) is 0 Å². The third-order valence-electron chi connectivity index (χ3n) is 4.49. The largest absolute Gasteiger partial charge is 0.321 e. The topological polar surface area (TPSA) is 67.2 Å². The number of carbonyl (C=O) groups excluding carboxylic acids is 2. The van der Waals surface area contributed by atoms with Gasteiger partial charge in [-0.25, -0.2) is 9.37 Å². The number of benzene rings is 2. The van der Waals surface area contributed by atoms with Gasteiger partial charge in [0, 0.05) is 30.0 Å². The Bertz CT molecular complexity index is 980. The number of nitrogens with one attached hydrogen (secondary N) is 1. The molecule has 1 aliphatic heterocycles. The quantitative estimate of drug-likeness (QED) is 0.772. The Labute approximate surface area is 155 Å². The van der Waals surface area contributed by atoms with Crippen molar-refractivity contribution in [3.8, 4) is 5.69 Å². The predicted octanol–water partition coefficient (Wildman–Crippen LogP) is 3.39. The smallest absolute Gasteiger partial charge is 0.274 e. The number of amides is 2. The highest BCUT2D eigenvalue weighted by Gasteiger charge is 2.21. The maximum Gasteiger partial charge on any atom is 0.274 e. The van der Waals surface area contributed by atoms with Crippen molar-refractivity contribution < 1.29 is 14.0 Å². The molecule has 1 N–H and O–H groups in total. The fourth-order valence-electron chi connectivity index (χ4n) is 3.11. The molecule has 0 atom stereocenters. The molecular weight excluding hydrogens is 347 g/mol. The standard InChI is InChI=1S/C20H17FN4O2/c21-14-3-7-17(8-4-14)25-13-22-12-18(25)20(27)23-15-5-9-16(10-6-15)24-11-1-2-19(24)26/h3-10,12-13H,1-2,11H2,(H,23,27). The molecule has 2 heterocycles. The van der Waals surface area contributed by atoms with Crippen molar-refractivity contribution in [2.24, 2.45) is 0 Å². The van der Waals surface area contributed by atoms with Crippen molar-refractivity contribution >= 4 is 23.2 Å². The Morgan fingerprint density at radius 1 is 1.04 bits per heavy atom. The van der Waals surface area contributed by atoms with E-state index in [9.17, 15) is 14.0 Å². The monoisotopic (exact) mass is 364 g/mol. The van der Waals surface area contributed by atoms with E-state index in [0.29, 0.717) is 23.5 Å². The molecule has 1 fully saturated rings. The summed E-state index contributed by atoms with van der Waals surface area (Å²) in [5.74, 6) is -0.557. The molecule has 0 saturated carbocycles. The van der Waals surface area contributed by atoms with Gasteiger partial charge in [0.25, 0.3) is 5.91 Å². The molecule has 0 bridgehead atoms. The predicted molar refractivity (Wildman–Crippen MR) is 99.5 cm³/mol. The summed E-state index contributed by atoms with van der Waals surface area (Å²) in [5, 5.41) is 2.82. The van der Waals surface area contributed by atoms with Gasteiger partial charge >= 0.3 is 0 Å². The summed E-state index contributed by atoms with van der Waals surface area (Å²) in [5.41, 5.74) is 2.41. The number of rotatable bonds is 4. The highest BCUT2D eigenvalue weighted by molar-refractivity contribution is 6.03. The van der Waals surface area contributed by atoms with Gasteiger partial charge in [-0.05, 0) is 55.0 Å². The Hall–Kier alpha value is -3.48. The zero-order valence-electron chi connectivity index (χ0n) is 14.4. The maximum atomic E-state index is 13.1. The van der Waals surface area contributed by atoms with E-state index < -0.39 is 0 Å². The van der Waals surface area contributed by atoms with E-state index in [2.05, 4.69) is 10.3 Å². The van der Waals surface area contributed by atoms with E-state index in [1.807, 2.05) is 12.1 Å². The molecule has 0 radical (unpaired) electrons. The summed E-state index contributed by atoms with van der Waals surface area (Å²) in [6, 6.07) is 13.0. The molecule has 2 aromatic carbocycles. The molecule has 0 spiro atoms. The van der Waals surface area contributed by atoms with Crippen LogP contribution in [-0.4, -0.2) is 27.9 Å². The first kappa shape index (κ1) is 17.0. The van der Waals surface area contributed by atoms with Crippen LogP contribution in [0.25, 0.3) is 5.69 Å². The molecule has 4 rings (SSSR count). The Morgan fingerprint density at radius 3 is 2.41 bits per heavy atom. The Balaban J connectivity index is 1.51. The van der Waals surface area contributed by atoms with Crippen LogP contribution in [0.3, 0.4) is 0 Å². The molecule has 0 aliphatic carbocycles. The molecule has 1 saturated heterocycles. The number of carbonyl (C=O) groups is 2. The van der Waals surface area contributed by atoms with Crippen LogP contribution in [0.4, 0.5) is 15.8 Å². The van der Waals surface area contributed by atoms with Crippen LogP contribution in [-0.2, 0) is 4.79 Å². The Morgan fingerprint density at radius 2 is 1.74 bits per heavy atom. The number of aromatic nitrogens is 2. The van der Waals surface area contributed by atoms with Crippen LogP contribution < -0.4 is 10.2 Å². The molecule has 3 aromatic rings. The average molecular weight is 364 g/mol. The van der Waals surface area contributed by atoms with Gasteiger partial charge in [0.05, 0.1) is 12.5 Å². The van der Waals surface area contributed by atoms with Crippen LogP contribution in [0, 0.1) is 5.82 Å². The first-order chi connectivity index (χ1) is 13.1. The lowest BCUT2D eigenvalue weighted by atomic mass is 10.2. The summed E-state index contributed by atoms with van der Waals surface area (Å²) in [7, 11) is 0. The number of anilines is 2. The SMILES string of the molecule is O=C(Nc1ccc(N2CCCC2=O)cc1)c1cncn1-c1ccc(F)cc1. The second kappa shape index (κ2) is 7.03. The van der Waals surface area contributed by atoms with Crippen molar-refractivity contribution in [3.63, 3.8) is 0 Å². The van der Waals surface area contributed by atoms with Gasteiger partial charge in [-0.2, -0.15) is 0 Å². The van der Waals surface area contributed by atoms with Gasteiger partial charge in [-0.3, -0.25) is 14.2 Å². The lowest BCUT2D eigenvalue weighted by molar-refractivity contribution is -0.117. The molecule has 27 heavy (non-hydrogen) atoms. The first-order valence-electron chi connectivity index (χ1n) is 8.62. The van der Waals surface area contributed by atoms with Crippen molar-refractivity contribution in [1.82, 2.24) is 9.55 Å². The van der Waals surface area contributed by atoms with Gasteiger partial charge in [0.15, 0.2) is 0 Å². The molecule has 0 unspecified atom stereocenters. The molecule has 6 nitrogen and oxygen atoms in total. The van der Waals surface area contributed by atoms with E-state index >= 15 is 0 Å². The number of halogens is 1. The zero-order chi connectivity index (χ0) is 18.8. The lowest BCUT2D eigenvalue weighted by Crippen LogP contribution is -2.23. The van der Waals surface area contributed by atoms with Crippen molar-refractivity contribution in [3.05, 3.63) is 72.6 Å². The van der Waals surface area contributed by atoms with Crippen LogP contribution in [0.2, 0.25) is 0 Å². The number of hydrogen-bond acceptors (Lipinski definition) is 3. The van der Waals surface area contributed by atoms with Gasteiger partial charge < -0.3 is 10.2 Å². The third-order valence-corrected chi connectivity index (χ3v) is 4.49. The van der Waals surface area contributed by atoms with Crippen molar-refractivity contribution in [2.45, 2.75) is 12.8 Å². The highest BCUT2D eigenvalue weighted by Crippen LogP contribution is 2.23. The fourth-order valence-corrected chi connectivity index (χ4v) is 3.11. The minimum Gasteiger partial charge on any atom is -0.321 e. The maximum absolute atomic E-state index is 13.1. The lowest BCUT2D eigenvalue weighted by Gasteiger charge is -2.16. The van der Waals surface area contributed by atoms with E-state index in [0.717, 1.165) is 18.7 Å². The van der Waals surface area contributed by atoms with E-state index in [1.165, 1.54) is 24.7 Å². The summed E-state index contributed by atoms with van der Waals surface area (Å²) in [6.45, 7) is 0.724. The van der Waals surface area contributed by atoms with E-state index in [4.69, 9.17) is 0 Å². The minimum absolute atomic E-state index is 0.120. The molecule has 136 valence electrons. The summed E-state index contributed by atoms with van der Waals surface area (Å²) < 4.78 is 14.7. The van der Waals surface area contributed by atoms with Crippen LogP contribution >= 0.6 is 0 Å². The van der Waals surface area contributed by atoms with Crippen LogP contribution in [0.5, 0.6) is 0 Å². The Kier molecular flexibility index (Phi) is 4.42. The van der Waals surface area contributed by atoms with E-state index in [-0.39, 0.29) is 17.6 Å². The number of nitrogens with zero attached hydrogens (tertiary/aromatic N) is 3. The van der Waals surface area contributed by atoms with Gasteiger partial charge in [-0.15, -0.1) is 0 Å². The molecular formula is C20H17FN4O2. The summed E-state index contributed by atoms with van der Waals surface area (Å²) in [6.07, 6.45) is 4.40. The van der Waals surface area contributed by atoms with Crippen LogP contribution in [0.1, 0.15) is 23.3 Å². The molecule has 1 aliphatic rings. The fraction of sp³-hybridized carbons (Fsp3) is 0.150. The first-order valence-corrected chi connectivity index (χ1v) is 8.62. The molecule has 7 heteroatoms. The third kappa shape index (κ3) is 3.44. The van der Waals surface area contributed by atoms with Crippen LogP contribution in [0.15, 0.2) is 61.1 Å². The summed E-state index contributed by atoms with van der Waals surface area (Å²) >= 11 is 0. The van der Waals surface area contributed by atoms with E-state index in [1.54, 1.807) is 33.7 Å². The number of imidazole rings is 1. The normalized spacial score (nSPS) is 13.8. The highest BCUT2D eigenvalue weighted by atomic mass is 19.1. The van der Waals surface area contributed by atoms with Gasteiger partial charge in [0.2, 0.25) is 5.91 Å². The molecule has 2 amide bonds. The van der Waals surface area contributed by atoms with Crippen molar-refractivity contribution in [2.75, 3.05) is 16.8 Å². The average Bonchev–Trinajstić information content (AvgIpc) is 3.32. The second-order valence-electron chi connectivity index (χ2n) is 6.28. The minimum atomic E-state index is -0.346. The van der Waals surface area contributed by atoms with Gasteiger partial charge in [-0.1, -0.05) is 0 Å². The zero-order valence-corrected chi connectivity index (χ0v) is 14.4.